The molecule has 2 aromatic heterocycles. The Bertz CT molecular complexity index is 574. The van der Waals surface area contributed by atoms with Gasteiger partial charge in [0.15, 0.2) is 5.82 Å². The van der Waals surface area contributed by atoms with Gasteiger partial charge in [0.05, 0.1) is 17.9 Å². The van der Waals surface area contributed by atoms with Crippen molar-refractivity contribution in [2.24, 2.45) is 5.73 Å². The summed E-state index contributed by atoms with van der Waals surface area (Å²) >= 11 is 0. The SMILES string of the molecule is NC(=O)c1cnc2c(c1)NCn1ccnc1-2. The van der Waals surface area contributed by atoms with Gasteiger partial charge in [0.25, 0.3) is 0 Å². The van der Waals surface area contributed by atoms with E-state index in [0.717, 1.165) is 17.2 Å². The van der Waals surface area contributed by atoms with E-state index >= 15 is 0 Å². The maximum Gasteiger partial charge on any atom is 0.250 e. The lowest BCUT2D eigenvalue weighted by Crippen LogP contribution is -2.18. The third-order valence-electron chi connectivity index (χ3n) is 2.54. The largest absolute Gasteiger partial charge is 0.366 e. The van der Waals surface area contributed by atoms with Gasteiger partial charge >= 0.3 is 0 Å². The van der Waals surface area contributed by atoms with E-state index in [4.69, 9.17) is 5.73 Å². The summed E-state index contributed by atoms with van der Waals surface area (Å²) < 4.78 is 1.94. The third-order valence-corrected chi connectivity index (χ3v) is 2.54. The second-order valence-corrected chi connectivity index (χ2v) is 3.54. The summed E-state index contributed by atoms with van der Waals surface area (Å²) in [5.74, 6) is 0.316. The predicted octanol–water partition coefficient (Wildman–Crippen LogP) is 0.427. The maximum atomic E-state index is 11.0. The first-order valence-corrected chi connectivity index (χ1v) is 4.81. The molecule has 0 spiro atoms. The fourth-order valence-electron chi connectivity index (χ4n) is 1.74. The van der Waals surface area contributed by atoms with Gasteiger partial charge in [-0.3, -0.25) is 4.79 Å². The highest BCUT2D eigenvalue weighted by atomic mass is 16.1. The molecule has 1 amide bonds. The van der Waals surface area contributed by atoms with Crippen molar-refractivity contribution in [3.8, 4) is 11.5 Å². The second-order valence-electron chi connectivity index (χ2n) is 3.54. The van der Waals surface area contributed by atoms with E-state index in [2.05, 4.69) is 15.3 Å². The van der Waals surface area contributed by atoms with Crippen molar-refractivity contribution in [3.05, 3.63) is 30.2 Å². The number of anilines is 1. The lowest BCUT2D eigenvalue weighted by atomic mass is 10.2. The van der Waals surface area contributed by atoms with Gasteiger partial charge < -0.3 is 15.6 Å². The van der Waals surface area contributed by atoms with Crippen molar-refractivity contribution in [3.63, 3.8) is 0 Å². The monoisotopic (exact) mass is 215 g/mol. The van der Waals surface area contributed by atoms with Crippen LogP contribution in [0.25, 0.3) is 11.5 Å². The topological polar surface area (TPSA) is 85.8 Å². The van der Waals surface area contributed by atoms with Gasteiger partial charge in [-0.2, -0.15) is 0 Å². The Hall–Kier alpha value is -2.37. The molecule has 3 N–H and O–H groups in total. The van der Waals surface area contributed by atoms with Crippen LogP contribution in [0.2, 0.25) is 0 Å². The average Bonchev–Trinajstić information content (AvgIpc) is 2.76. The highest BCUT2D eigenvalue weighted by molar-refractivity contribution is 5.94. The Morgan fingerprint density at radius 3 is 3.19 bits per heavy atom. The number of hydrogen-bond donors (Lipinski definition) is 2. The lowest BCUT2D eigenvalue weighted by molar-refractivity contribution is 0.1000. The van der Waals surface area contributed by atoms with Crippen LogP contribution < -0.4 is 11.1 Å². The van der Waals surface area contributed by atoms with Crippen LogP contribution >= 0.6 is 0 Å². The van der Waals surface area contributed by atoms with Crippen LogP contribution in [0, 0.1) is 0 Å². The second kappa shape index (κ2) is 3.06. The zero-order valence-corrected chi connectivity index (χ0v) is 8.34. The van der Waals surface area contributed by atoms with Crippen molar-refractivity contribution in [2.75, 3.05) is 5.32 Å². The van der Waals surface area contributed by atoms with Crippen molar-refractivity contribution < 1.29 is 4.79 Å². The van der Waals surface area contributed by atoms with Crippen LogP contribution in [0.4, 0.5) is 5.69 Å². The van der Waals surface area contributed by atoms with E-state index in [1.807, 2.05) is 10.8 Å². The smallest absolute Gasteiger partial charge is 0.250 e. The lowest BCUT2D eigenvalue weighted by Gasteiger charge is -2.19. The molecule has 0 unspecified atom stereocenters. The fraction of sp³-hybridized carbons (Fsp3) is 0.100. The standard InChI is InChI=1S/C10H9N5O/c11-9(16)6-3-7-8(13-4-6)10-12-1-2-15(10)5-14-7/h1-4,14H,5H2,(H2,11,16). The molecule has 0 aliphatic carbocycles. The number of rotatable bonds is 1. The van der Waals surface area contributed by atoms with Crippen LogP contribution in [0.1, 0.15) is 10.4 Å². The molecule has 6 heteroatoms. The molecule has 16 heavy (non-hydrogen) atoms. The molecule has 80 valence electrons. The fourth-order valence-corrected chi connectivity index (χ4v) is 1.74. The number of imidazole rings is 1. The van der Waals surface area contributed by atoms with E-state index in [1.54, 1.807) is 12.3 Å². The van der Waals surface area contributed by atoms with Gasteiger partial charge in [-0.25, -0.2) is 9.97 Å². The molecule has 1 aliphatic rings. The number of pyridine rings is 1. The molecule has 0 saturated heterocycles. The van der Waals surface area contributed by atoms with Crippen LogP contribution in [0.15, 0.2) is 24.7 Å². The number of nitrogens with two attached hydrogens (primary N) is 1. The minimum atomic E-state index is -0.481. The highest BCUT2D eigenvalue weighted by Gasteiger charge is 2.18. The number of fused-ring (bicyclic) bond motifs is 3. The molecule has 0 fully saturated rings. The zero-order valence-electron chi connectivity index (χ0n) is 8.34. The third kappa shape index (κ3) is 1.16. The van der Waals surface area contributed by atoms with E-state index in [-0.39, 0.29) is 0 Å². The zero-order chi connectivity index (χ0) is 11.1. The van der Waals surface area contributed by atoms with Crippen molar-refractivity contribution in [2.45, 2.75) is 6.67 Å². The number of nitrogens with one attached hydrogen (secondary N) is 1. The molecule has 0 bridgehead atoms. The molecule has 3 rings (SSSR count). The van der Waals surface area contributed by atoms with E-state index in [9.17, 15) is 4.79 Å². The Morgan fingerprint density at radius 1 is 1.50 bits per heavy atom. The van der Waals surface area contributed by atoms with Crippen LogP contribution in [-0.2, 0) is 6.67 Å². The summed E-state index contributed by atoms with van der Waals surface area (Å²) in [6.07, 6.45) is 5.05. The summed E-state index contributed by atoms with van der Waals surface area (Å²) in [4.78, 5) is 19.4. The molecule has 0 saturated carbocycles. The maximum absolute atomic E-state index is 11.0. The number of carbonyl (C=O) groups excluding carboxylic acids is 1. The Kier molecular flexibility index (Phi) is 1.70. The van der Waals surface area contributed by atoms with Crippen molar-refractivity contribution >= 4 is 11.6 Å². The Labute approximate surface area is 91.1 Å². The van der Waals surface area contributed by atoms with Crippen LogP contribution in [0.3, 0.4) is 0 Å². The first-order chi connectivity index (χ1) is 7.75. The quantitative estimate of drug-likeness (QED) is 0.722. The molecule has 6 nitrogen and oxygen atoms in total. The van der Waals surface area contributed by atoms with Gasteiger partial charge in [0, 0.05) is 18.6 Å². The minimum Gasteiger partial charge on any atom is -0.366 e. The van der Waals surface area contributed by atoms with Crippen molar-refractivity contribution in [1.29, 1.82) is 0 Å². The number of aromatic nitrogens is 3. The number of amides is 1. The Morgan fingerprint density at radius 2 is 2.38 bits per heavy atom. The summed E-state index contributed by atoms with van der Waals surface area (Å²) in [6.45, 7) is 0.617. The molecular weight excluding hydrogens is 206 g/mol. The van der Waals surface area contributed by atoms with Gasteiger partial charge in [-0.1, -0.05) is 0 Å². The first-order valence-electron chi connectivity index (χ1n) is 4.81. The van der Waals surface area contributed by atoms with E-state index in [1.165, 1.54) is 6.20 Å². The average molecular weight is 215 g/mol. The normalized spacial score (nSPS) is 12.5. The number of carbonyl (C=O) groups is 1. The minimum absolute atomic E-state index is 0.395. The molecule has 0 atom stereocenters. The number of hydrogen-bond acceptors (Lipinski definition) is 4. The molecule has 1 aliphatic heterocycles. The highest BCUT2D eigenvalue weighted by Crippen LogP contribution is 2.28. The predicted molar refractivity (Wildman–Crippen MR) is 57.6 cm³/mol. The summed E-state index contributed by atoms with van der Waals surface area (Å²) in [5, 5.41) is 3.15. The molecular formula is C10H9N5O. The Balaban J connectivity index is 2.17. The first kappa shape index (κ1) is 8.90. The van der Waals surface area contributed by atoms with Crippen molar-refractivity contribution in [1.82, 2.24) is 14.5 Å². The number of primary amides is 1. The van der Waals surface area contributed by atoms with Gasteiger partial charge in [-0.05, 0) is 6.07 Å². The van der Waals surface area contributed by atoms with Crippen LogP contribution in [-0.4, -0.2) is 20.4 Å². The molecule has 2 aromatic rings. The van der Waals surface area contributed by atoms with Gasteiger partial charge in [-0.15, -0.1) is 0 Å². The summed E-state index contributed by atoms with van der Waals surface area (Å²) in [5.41, 5.74) is 7.11. The molecule has 0 aromatic carbocycles. The van der Waals surface area contributed by atoms with Gasteiger partial charge in [0.2, 0.25) is 5.91 Å². The number of nitrogens with zero attached hydrogens (tertiary/aromatic N) is 3. The molecule has 3 heterocycles. The van der Waals surface area contributed by atoms with E-state index < -0.39 is 5.91 Å². The summed E-state index contributed by atoms with van der Waals surface area (Å²) in [6, 6.07) is 1.70. The summed E-state index contributed by atoms with van der Waals surface area (Å²) in [7, 11) is 0. The van der Waals surface area contributed by atoms with Gasteiger partial charge in [0.1, 0.15) is 5.69 Å². The van der Waals surface area contributed by atoms with E-state index in [0.29, 0.717) is 12.2 Å². The van der Waals surface area contributed by atoms with Crippen LogP contribution in [0.5, 0.6) is 0 Å². The molecule has 0 radical (unpaired) electrons.